The van der Waals surface area contributed by atoms with Gasteiger partial charge >= 0.3 is 0 Å². The SMILES string of the molecule is CCOC[C@@]1(CN)[C@H](S(=O)(=O)CC)[C@@H]1c1ccc2c(c1)OCO2. The van der Waals surface area contributed by atoms with E-state index in [0.29, 0.717) is 24.7 Å². The van der Waals surface area contributed by atoms with Crippen molar-refractivity contribution in [3.63, 3.8) is 0 Å². The second-order valence-corrected chi connectivity index (χ2v) is 8.45. The molecule has 1 aliphatic heterocycles. The molecule has 6 nitrogen and oxygen atoms in total. The van der Waals surface area contributed by atoms with Crippen molar-refractivity contribution in [3.05, 3.63) is 23.8 Å². The summed E-state index contributed by atoms with van der Waals surface area (Å²) < 4.78 is 41.4. The molecule has 1 aliphatic carbocycles. The number of hydrogen-bond donors (Lipinski definition) is 1. The third kappa shape index (κ3) is 2.60. The molecule has 2 aliphatic rings. The molecule has 3 rings (SSSR count). The molecule has 7 heteroatoms. The van der Waals surface area contributed by atoms with Gasteiger partial charge in [-0.25, -0.2) is 8.42 Å². The minimum absolute atomic E-state index is 0.104. The summed E-state index contributed by atoms with van der Waals surface area (Å²) in [6.45, 7) is 4.92. The molecule has 1 saturated carbocycles. The maximum absolute atomic E-state index is 12.5. The smallest absolute Gasteiger partial charge is 0.231 e. The molecule has 0 radical (unpaired) electrons. The second kappa shape index (κ2) is 5.96. The van der Waals surface area contributed by atoms with E-state index in [2.05, 4.69) is 0 Å². The molecular weight excluding hydrogens is 318 g/mol. The standard InChI is InChI=1S/C16H23NO5S/c1-3-20-9-16(8-17)14(15(16)23(18,19)4-2)11-5-6-12-13(7-11)22-10-21-12/h5-7,14-15H,3-4,8-10,17H2,1-2H3/t14-,15+,16+/m0/s1. The molecule has 2 N–H and O–H groups in total. The summed E-state index contributed by atoms with van der Waals surface area (Å²) >= 11 is 0. The molecule has 3 atom stereocenters. The highest BCUT2D eigenvalue weighted by Crippen LogP contribution is 2.63. The van der Waals surface area contributed by atoms with Gasteiger partial charge in [-0.3, -0.25) is 0 Å². The highest BCUT2D eigenvalue weighted by molar-refractivity contribution is 7.92. The fraction of sp³-hybridized carbons (Fsp3) is 0.625. The summed E-state index contributed by atoms with van der Waals surface area (Å²) in [7, 11) is -3.22. The fourth-order valence-corrected chi connectivity index (χ4v) is 5.73. The van der Waals surface area contributed by atoms with Gasteiger partial charge in [-0.2, -0.15) is 0 Å². The average molecular weight is 341 g/mol. The lowest BCUT2D eigenvalue weighted by atomic mass is 9.99. The average Bonchev–Trinajstić information content (AvgIpc) is 3.01. The van der Waals surface area contributed by atoms with E-state index in [1.165, 1.54) is 0 Å². The zero-order valence-corrected chi connectivity index (χ0v) is 14.3. The predicted molar refractivity (Wildman–Crippen MR) is 86.5 cm³/mol. The topological polar surface area (TPSA) is 87.9 Å². The minimum Gasteiger partial charge on any atom is -0.454 e. The lowest BCUT2D eigenvalue weighted by Crippen LogP contribution is -2.29. The van der Waals surface area contributed by atoms with Crippen LogP contribution in [0.25, 0.3) is 0 Å². The maximum atomic E-state index is 12.5. The fourth-order valence-electron chi connectivity index (χ4n) is 3.58. The molecule has 0 amide bonds. The zero-order chi connectivity index (χ0) is 16.7. The van der Waals surface area contributed by atoms with Gasteiger partial charge in [-0.05, 0) is 24.6 Å². The first-order valence-corrected chi connectivity index (χ1v) is 9.60. The van der Waals surface area contributed by atoms with Crippen LogP contribution in [0.5, 0.6) is 11.5 Å². The number of nitrogens with two attached hydrogens (primary N) is 1. The van der Waals surface area contributed by atoms with E-state index in [1.54, 1.807) is 6.92 Å². The Morgan fingerprint density at radius 2 is 2.04 bits per heavy atom. The van der Waals surface area contributed by atoms with E-state index in [0.717, 1.165) is 5.56 Å². The highest BCUT2D eigenvalue weighted by atomic mass is 32.2. The van der Waals surface area contributed by atoms with Crippen molar-refractivity contribution in [1.82, 2.24) is 0 Å². The van der Waals surface area contributed by atoms with Crippen molar-refractivity contribution in [2.45, 2.75) is 25.0 Å². The van der Waals surface area contributed by atoms with Gasteiger partial charge in [-0.15, -0.1) is 0 Å². The van der Waals surface area contributed by atoms with Gasteiger partial charge in [0.25, 0.3) is 0 Å². The molecule has 1 aromatic rings. The van der Waals surface area contributed by atoms with Crippen LogP contribution >= 0.6 is 0 Å². The first kappa shape index (κ1) is 16.5. The molecule has 0 bridgehead atoms. The Morgan fingerprint density at radius 1 is 1.30 bits per heavy atom. The molecule has 128 valence electrons. The normalized spacial score (nSPS) is 28.8. The van der Waals surface area contributed by atoms with Crippen LogP contribution in [0.1, 0.15) is 25.3 Å². The van der Waals surface area contributed by atoms with Crippen LogP contribution in [0.4, 0.5) is 0 Å². The monoisotopic (exact) mass is 341 g/mol. The van der Waals surface area contributed by atoms with Crippen molar-refractivity contribution >= 4 is 9.84 Å². The maximum Gasteiger partial charge on any atom is 0.231 e. The molecule has 1 heterocycles. The molecule has 1 aromatic carbocycles. The first-order valence-electron chi connectivity index (χ1n) is 7.89. The Kier molecular flexibility index (Phi) is 4.29. The summed E-state index contributed by atoms with van der Waals surface area (Å²) in [6.07, 6.45) is 0. The van der Waals surface area contributed by atoms with Crippen LogP contribution < -0.4 is 15.2 Å². The largest absolute Gasteiger partial charge is 0.454 e. The molecule has 0 unspecified atom stereocenters. The van der Waals surface area contributed by atoms with Gasteiger partial charge in [-0.1, -0.05) is 13.0 Å². The second-order valence-electron chi connectivity index (χ2n) is 6.04. The van der Waals surface area contributed by atoms with Crippen LogP contribution in [0, 0.1) is 5.41 Å². The molecular formula is C16H23NO5S. The third-order valence-corrected chi connectivity index (χ3v) is 7.20. The Labute approximate surface area is 136 Å². The van der Waals surface area contributed by atoms with E-state index in [4.69, 9.17) is 19.9 Å². The lowest BCUT2D eigenvalue weighted by molar-refractivity contribution is 0.101. The number of fused-ring (bicyclic) bond motifs is 1. The highest BCUT2D eigenvalue weighted by Gasteiger charge is 2.69. The third-order valence-electron chi connectivity index (χ3n) is 4.88. The van der Waals surface area contributed by atoms with Crippen molar-refractivity contribution < 1.29 is 22.6 Å². The van der Waals surface area contributed by atoms with Crippen LogP contribution in [0.2, 0.25) is 0 Å². The van der Waals surface area contributed by atoms with E-state index in [-0.39, 0.29) is 25.0 Å². The van der Waals surface area contributed by atoms with Crippen molar-refractivity contribution in [2.75, 3.05) is 32.3 Å². The van der Waals surface area contributed by atoms with E-state index < -0.39 is 20.5 Å². The zero-order valence-electron chi connectivity index (χ0n) is 13.4. The van der Waals surface area contributed by atoms with Crippen LogP contribution in [-0.4, -0.2) is 46.0 Å². The van der Waals surface area contributed by atoms with Crippen LogP contribution in [-0.2, 0) is 14.6 Å². The Morgan fingerprint density at radius 3 is 2.70 bits per heavy atom. The molecule has 1 fully saturated rings. The van der Waals surface area contributed by atoms with Gasteiger partial charge in [0.2, 0.25) is 6.79 Å². The quantitative estimate of drug-likeness (QED) is 0.804. The predicted octanol–water partition coefficient (Wildman–Crippen LogP) is 1.30. The number of sulfone groups is 1. The molecule has 0 saturated heterocycles. The van der Waals surface area contributed by atoms with E-state index in [9.17, 15) is 8.42 Å². The molecule has 0 aromatic heterocycles. The number of rotatable bonds is 7. The summed E-state index contributed by atoms with van der Waals surface area (Å²) in [5.41, 5.74) is 6.35. The Hall–Kier alpha value is -1.31. The summed E-state index contributed by atoms with van der Waals surface area (Å²) in [5, 5.41) is -0.503. The summed E-state index contributed by atoms with van der Waals surface area (Å²) in [6, 6.07) is 5.60. The number of hydrogen-bond acceptors (Lipinski definition) is 6. The Balaban J connectivity index is 1.98. The van der Waals surface area contributed by atoms with E-state index in [1.807, 2.05) is 25.1 Å². The molecule has 0 spiro atoms. The van der Waals surface area contributed by atoms with Gasteiger partial charge in [0.15, 0.2) is 21.3 Å². The van der Waals surface area contributed by atoms with Gasteiger partial charge < -0.3 is 19.9 Å². The lowest BCUT2D eigenvalue weighted by Gasteiger charge is -2.15. The van der Waals surface area contributed by atoms with Crippen molar-refractivity contribution in [1.29, 1.82) is 0 Å². The van der Waals surface area contributed by atoms with Gasteiger partial charge in [0.1, 0.15) is 0 Å². The summed E-state index contributed by atoms with van der Waals surface area (Å²) in [4.78, 5) is 0. The van der Waals surface area contributed by atoms with Crippen molar-refractivity contribution in [2.24, 2.45) is 11.1 Å². The van der Waals surface area contributed by atoms with Crippen LogP contribution in [0.3, 0.4) is 0 Å². The van der Waals surface area contributed by atoms with Gasteiger partial charge in [0.05, 0.1) is 11.9 Å². The molecule has 23 heavy (non-hydrogen) atoms. The Bertz CT molecular complexity index is 690. The summed E-state index contributed by atoms with van der Waals surface area (Å²) in [5.74, 6) is 1.28. The number of ether oxygens (including phenoxy) is 3. The first-order chi connectivity index (χ1) is 11.0. The van der Waals surface area contributed by atoms with E-state index >= 15 is 0 Å². The number of benzene rings is 1. The van der Waals surface area contributed by atoms with Crippen molar-refractivity contribution in [3.8, 4) is 11.5 Å². The van der Waals surface area contributed by atoms with Crippen LogP contribution in [0.15, 0.2) is 18.2 Å². The minimum atomic E-state index is -3.22. The van der Waals surface area contributed by atoms with Gasteiger partial charge in [0, 0.05) is 30.2 Å².